The van der Waals surface area contributed by atoms with Crippen molar-refractivity contribution in [3.63, 3.8) is 0 Å². The van der Waals surface area contributed by atoms with Gasteiger partial charge in [0.25, 0.3) is 0 Å². The van der Waals surface area contributed by atoms with E-state index in [2.05, 4.69) is 0 Å². The van der Waals surface area contributed by atoms with Crippen molar-refractivity contribution >= 4 is 0 Å². The van der Waals surface area contributed by atoms with Crippen LogP contribution in [0.1, 0.15) is 24.5 Å². The molecule has 1 saturated heterocycles. The molecular weight excluding hydrogens is 472 g/mol. The quantitative estimate of drug-likeness (QED) is 0.279. The van der Waals surface area contributed by atoms with Crippen LogP contribution in [-0.2, 0) is 17.6 Å². The van der Waals surface area contributed by atoms with E-state index in [0.29, 0.717) is 36.5 Å². The fourth-order valence-electron chi connectivity index (χ4n) is 4.01. The highest BCUT2D eigenvalue weighted by Gasteiger charge is 2.43. The fourth-order valence-corrected chi connectivity index (χ4v) is 4.01. The van der Waals surface area contributed by atoms with Gasteiger partial charge >= 0.3 is 0 Å². The van der Waals surface area contributed by atoms with E-state index in [1.165, 1.54) is 7.11 Å². The molecule has 2 aromatic carbocycles. The Balaban J connectivity index is 1.70. The maximum atomic E-state index is 10.2. The lowest BCUT2D eigenvalue weighted by Gasteiger charge is -2.39. The minimum Gasteiger partial charge on any atom is -0.493 e. The first-order valence-electron chi connectivity index (χ1n) is 11.9. The van der Waals surface area contributed by atoms with Gasteiger partial charge in [-0.15, -0.1) is 0 Å². The molecule has 1 heterocycles. The Kier molecular flexibility index (Phi) is 10.2. The van der Waals surface area contributed by atoms with Gasteiger partial charge in [-0.1, -0.05) is 12.1 Å². The average molecular weight is 509 g/mol. The summed E-state index contributed by atoms with van der Waals surface area (Å²) in [5, 5.41) is 49.1. The summed E-state index contributed by atoms with van der Waals surface area (Å²) < 4.78 is 28.2. The van der Waals surface area contributed by atoms with Gasteiger partial charge in [0.15, 0.2) is 23.0 Å². The Labute approximate surface area is 210 Å². The number of benzene rings is 2. The average Bonchev–Trinajstić information content (AvgIpc) is 2.89. The van der Waals surface area contributed by atoms with E-state index in [1.807, 2.05) is 12.1 Å². The molecule has 1 fully saturated rings. The molecule has 10 heteroatoms. The lowest BCUT2D eigenvalue weighted by molar-refractivity contribution is -0.268. The van der Waals surface area contributed by atoms with Crippen LogP contribution in [0, 0.1) is 0 Å². The molecule has 3 rings (SSSR count). The van der Waals surface area contributed by atoms with Gasteiger partial charge in [-0.2, -0.15) is 0 Å². The molecule has 0 radical (unpaired) electrons. The Morgan fingerprint density at radius 1 is 0.833 bits per heavy atom. The zero-order valence-electron chi connectivity index (χ0n) is 20.7. The van der Waals surface area contributed by atoms with Crippen LogP contribution in [0.5, 0.6) is 23.0 Å². The second-order valence-electron chi connectivity index (χ2n) is 8.72. The number of aryl methyl sites for hydroxylation is 1. The van der Waals surface area contributed by atoms with Crippen LogP contribution < -0.4 is 18.9 Å². The standard InChI is InChI=1S/C26H36O10/c1-15-23(29)24(30)25(31)26(34-15)36-20-9-7-17(13-22(20)33-3)11-18(14-28)35-19-8-6-16(5-4-10-27)12-21(19)32-2/h6-9,12-13,15,18,23-31H,4-5,10-11,14H2,1-3H3/t15-,18?,23-,24+,25-,26+/m1/s1. The summed E-state index contributed by atoms with van der Waals surface area (Å²) in [4.78, 5) is 0. The Hall–Kier alpha value is -2.60. The number of methoxy groups -OCH3 is 2. The highest BCUT2D eigenvalue weighted by molar-refractivity contribution is 5.45. The normalized spacial score (nSPS) is 24.7. The molecule has 36 heavy (non-hydrogen) atoms. The fraction of sp³-hybridized carbons (Fsp3) is 0.538. The topological polar surface area (TPSA) is 147 Å². The van der Waals surface area contributed by atoms with E-state index in [4.69, 9.17) is 28.8 Å². The lowest BCUT2D eigenvalue weighted by Crippen LogP contribution is -2.58. The second-order valence-corrected chi connectivity index (χ2v) is 8.72. The third kappa shape index (κ3) is 6.78. The van der Waals surface area contributed by atoms with Gasteiger partial charge in [0.05, 0.1) is 26.9 Å². The first kappa shape index (κ1) is 28.0. The van der Waals surface area contributed by atoms with Crippen molar-refractivity contribution < 1.29 is 49.2 Å². The molecule has 6 atom stereocenters. The van der Waals surface area contributed by atoms with Crippen LogP contribution in [0.25, 0.3) is 0 Å². The smallest absolute Gasteiger partial charge is 0.229 e. The van der Waals surface area contributed by atoms with Gasteiger partial charge in [0.1, 0.15) is 24.4 Å². The minimum absolute atomic E-state index is 0.110. The Morgan fingerprint density at radius 2 is 1.47 bits per heavy atom. The van der Waals surface area contributed by atoms with Gasteiger partial charge in [-0.25, -0.2) is 0 Å². The molecule has 1 aliphatic heterocycles. The predicted octanol–water partition coefficient (Wildman–Crippen LogP) is 0.817. The van der Waals surface area contributed by atoms with Crippen LogP contribution in [0.3, 0.4) is 0 Å². The van der Waals surface area contributed by atoms with E-state index in [1.54, 1.807) is 38.3 Å². The van der Waals surface area contributed by atoms with E-state index < -0.39 is 36.8 Å². The van der Waals surface area contributed by atoms with E-state index in [0.717, 1.165) is 11.1 Å². The van der Waals surface area contributed by atoms with Gasteiger partial charge < -0.3 is 49.2 Å². The van der Waals surface area contributed by atoms with Gasteiger partial charge in [0.2, 0.25) is 6.29 Å². The summed E-state index contributed by atoms with van der Waals surface area (Å²) in [6.45, 7) is 1.44. The highest BCUT2D eigenvalue weighted by atomic mass is 16.7. The monoisotopic (exact) mass is 508 g/mol. The number of rotatable bonds is 12. The van der Waals surface area contributed by atoms with Crippen molar-refractivity contribution in [2.45, 2.75) is 63.0 Å². The van der Waals surface area contributed by atoms with Crippen molar-refractivity contribution in [3.05, 3.63) is 47.5 Å². The third-order valence-corrected chi connectivity index (χ3v) is 6.09. The second kappa shape index (κ2) is 13.1. The number of hydrogen-bond acceptors (Lipinski definition) is 10. The SMILES string of the molecule is COc1cc(CCCO)ccc1OC(CO)Cc1ccc(O[C@@H]2O[C@H](C)[C@@H](O)[C@H](O)[C@H]2O)c(OC)c1. The molecule has 1 aliphatic rings. The Morgan fingerprint density at radius 3 is 2.14 bits per heavy atom. The number of aliphatic hydroxyl groups is 5. The van der Waals surface area contributed by atoms with Crippen LogP contribution in [0.4, 0.5) is 0 Å². The highest BCUT2D eigenvalue weighted by Crippen LogP contribution is 2.33. The van der Waals surface area contributed by atoms with Crippen molar-refractivity contribution in [3.8, 4) is 23.0 Å². The van der Waals surface area contributed by atoms with Crippen LogP contribution in [0.2, 0.25) is 0 Å². The summed E-state index contributed by atoms with van der Waals surface area (Å²) in [7, 11) is 3.01. The molecule has 0 saturated carbocycles. The molecule has 0 spiro atoms. The molecule has 0 bridgehead atoms. The molecule has 200 valence electrons. The molecule has 0 aromatic heterocycles. The third-order valence-electron chi connectivity index (χ3n) is 6.09. The summed E-state index contributed by atoms with van der Waals surface area (Å²) in [5.41, 5.74) is 1.81. The van der Waals surface area contributed by atoms with Crippen molar-refractivity contribution in [1.82, 2.24) is 0 Å². The van der Waals surface area contributed by atoms with Crippen LogP contribution in [0.15, 0.2) is 36.4 Å². The molecule has 0 amide bonds. The zero-order valence-corrected chi connectivity index (χ0v) is 20.7. The molecule has 1 unspecified atom stereocenters. The first-order chi connectivity index (χ1) is 17.3. The van der Waals surface area contributed by atoms with Gasteiger partial charge in [-0.3, -0.25) is 0 Å². The van der Waals surface area contributed by atoms with E-state index >= 15 is 0 Å². The minimum atomic E-state index is -1.45. The van der Waals surface area contributed by atoms with E-state index in [-0.39, 0.29) is 19.0 Å². The number of ether oxygens (including phenoxy) is 5. The zero-order chi connectivity index (χ0) is 26.2. The maximum absolute atomic E-state index is 10.2. The summed E-state index contributed by atoms with van der Waals surface area (Å²) >= 11 is 0. The van der Waals surface area contributed by atoms with Crippen molar-refractivity contribution in [2.75, 3.05) is 27.4 Å². The number of hydrogen-bond donors (Lipinski definition) is 5. The van der Waals surface area contributed by atoms with E-state index in [9.17, 15) is 20.4 Å². The van der Waals surface area contributed by atoms with Gasteiger partial charge in [-0.05, 0) is 55.2 Å². The summed E-state index contributed by atoms with van der Waals surface area (Å²) in [6, 6.07) is 10.7. The Bertz CT molecular complexity index is 968. The summed E-state index contributed by atoms with van der Waals surface area (Å²) in [5.74, 6) is 1.68. The first-order valence-corrected chi connectivity index (χ1v) is 11.9. The molecule has 0 aliphatic carbocycles. The molecular formula is C26H36O10. The van der Waals surface area contributed by atoms with Gasteiger partial charge in [0, 0.05) is 13.0 Å². The summed E-state index contributed by atoms with van der Waals surface area (Å²) in [6.07, 6.45) is -4.86. The number of aliphatic hydroxyl groups excluding tert-OH is 5. The van der Waals surface area contributed by atoms with Crippen molar-refractivity contribution in [2.24, 2.45) is 0 Å². The predicted molar refractivity (Wildman–Crippen MR) is 130 cm³/mol. The molecule has 10 nitrogen and oxygen atoms in total. The van der Waals surface area contributed by atoms with Crippen LogP contribution in [-0.4, -0.2) is 89.8 Å². The largest absolute Gasteiger partial charge is 0.493 e. The lowest BCUT2D eigenvalue weighted by atomic mass is 10.00. The molecule has 5 N–H and O–H groups in total. The molecule has 2 aromatic rings. The maximum Gasteiger partial charge on any atom is 0.229 e. The van der Waals surface area contributed by atoms with Crippen molar-refractivity contribution in [1.29, 1.82) is 0 Å². The van der Waals surface area contributed by atoms with Crippen LogP contribution >= 0.6 is 0 Å².